The SMILES string of the molecule is Cc1ccc(C([O-])=CC=C2C=CC=C2)c(O)c1.[Fe+2].c1cc[cH-]c1. The minimum Gasteiger partial charge on any atom is -0.872 e. The van der Waals surface area contributed by atoms with Gasteiger partial charge in [0, 0.05) is 5.56 Å². The van der Waals surface area contributed by atoms with Gasteiger partial charge in [0.25, 0.3) is 0 Å². The topological polar surface area (TPSA) is 43.3 Å². The molecule has 3 heteroatoms. The van der Waals surface area contributed by atoms with Crippen molar-refractivity contribution in [3.8, 4) is 5.75 Å². The number of phenols is 1. The third-order valence-corrected chi connectivity index (χ3v) is 3.09. The van der Waals surface area contributed by atoms with Crippen LogP contribution in [-0.2, 0) is 17.1 Å². The van der Waals surface area contributed by atoms with E-state index in [2.05, 4.69) is 0 Å². The standard InChI is InChI=1S/C15H14O2.C5H5.Fe/c1-11-6-8-13(15(17)10-11)14(16)9-7-12-4-2-3-5-12;1-2-4-5-3-1;/h2-10,16-17H,1H3;1-5H;/q;-1;+2/p-1. The molecule has 3 rings (SSSR count). The zero-order valence-electron chi connectivity index (χ0n) is 12.8. The molecule has 2 aromatic carbocycles. The van der Waals surface area contributed by atoms with Crippen molar-refractivity contribution in [2.75, 3.05) is 0 Å². The Kier molecular flexibility index (Phi) is 7.82. The van der Waals surface area contributed by atoms with E-state index < -0.39 is 0 Å². The number of aryl methyl sites for hydroxylation is 1. The molecule has 0 heterocycles. The Balaban J connectivity index is 0.000000377. The maximum atomic E-state index is 11.8. The van der Waals surface area contributed by atoms with Gasteiger partial charge in [0.2, 0.25) is 0 Å². The average molecular weight is 346 g/mol. The number of rotatable bonds is 2. The van der Waals surface area contributed by atoms with Crippen molar-refractivity contribution < 1.29 is 27.3 Å². The summed E-state index contributed by atoms with van der Waals surface area (Å²) < 4.78 is 0. The van der Waals surface area contributed by atoms with Gasteiger partial charge in [0.15, 0.2) is 0 Å². The fourth-order valence-electron chi connectivity index (χ4n) is 1.93. The van der Waals surface area contributed by atoms with Crippen LogP contribution in [0.3, 0.4) is 0 Å². The van der Waals surface area contributed by atoms with E-state index in [-0.39, 0.29) is 28.6 Å². The van der Waals surface area contributed by atoms with Crippen molar-refractivity contribution in [1.29, 1.82) is 0 Å². The van der Waals surface area contributed by atoms with Crippen LogP contribution in [-0.4, -0.2) is 5.11 Å². The Morgan fingerprint density at radius 2 is 1.78 bits per heavy atom. The molecule has 0 bridgehead atoms. The second kappa shape index (κ2) is 9.62. The van der Waals surface area contributed by atoms with E-state index in [4.69, 9.17) is 0 Å². The zero-order chi connectivity index (χ0) is 15.8. The van der Waals surface area contributed by atoms with Gasteiger partial charge in [-0.1, -0.05) is 54.3 Å². The van der Waals surface area contributed by atoms with E-state index in [1.807, 2.05) is 67.6 Å². The summed E-state index contributed by atoms with van der Waals surface area (Å²) in [6, 6.07) is 15.0. The largest absolute Gasteiger partial charge is 2.00 e. The molecule has 1 N–H and O–H groups in total. The van der Waals surface area contributed by atoms with Crippen LogP contribution in [0.1, 0.15) is 11.1 Å². The molecule has 2 nitrogen and oxygen atoms in total. The van der Waals surface area contributed by atoms with Crippen LogP contribution in [0.25, 0.3) is 5.76 Å². The number of aromatic hydroxyl groups is 1. The molecule has 1 aliphatic rings. The average Bonchev–Trinajstić information content (AvgIpc) is 3.21. The van der Waals surface area contributed by atoms with E-state index in [0.29, 0.717) is 5.56 Å². The fraction of sp³-hybridized carbons (Fsp3) is 0.0500. The third-order valence-electron chi connectivity index (χ3n) is 3.09. The molecule has 118 valence electrons. The van der Waals surface area contributed by atoms with Crippen LogP contribution in [0.2, 0.25) is 0 Å². The molecule has 1 aliphatic carbocycles. The van der Waals surface area contributed by atoms with Gasteiger partial charge in [-0.3, -0.25) is 0 Å². The van der Waals surface area contributed by atoms with Crippen molar-refractivity contribution >= 4 is 5.76 Å². The van der Waals surface area contributed by atoms with Crippen molar-refractivity contribution in [1.82, 2.24) is 0 Å². The van der Waals surface area contributed by atoms with Crippen molar-refractivity contribution in [3.63, 3.8) is 0 Å². The van der Waals surface area contributed by atoms with Gasteiger partial charge in [0.1, 0.15) is 5.75 Å². The number of phenolic OH excluding ortho intramolecular Hbond substituents is 1. The van der Waals surface area contributed by atoms with Crippen LogP contribution in [0, 0.1) is 6.92 Å². The first-order chi connectivity index (χ1) is 10.7. The maximum absolute atomic E-state index is 11.8. The van der Waals surface area contributed by atoms with E-state index in [1.54, 1.807) is 18.2 Å². The van der Waals surface area contributed by atoms with Crippen molar-refractivity contribution in [2.45, 2.75) is 6.92 Å². The summed E-state index contributed by atoms with van der Waals surface area (Å²) in [6.45, 7) is 1.87. The predicted molar refractivity (Wildman–Crippen MR) is 89.2 cm³/mol. The van der Waals surface area contributed by atoms with E-state index >= 15 is 0 Å². The van der Waals surface area contributed by atoms with E-state index in [1.165, 1.54) is 6.08 Å². The number of hydrogen-bond donors (Lipinski definition) is 1. The monoisotopic (exact) mass is 346 g/mol. The molecule has 0 atom stereocenters. The maximum Gasteiger partial charge on any atom is 2.00 e. The Labute approximate surface area is 147 Å². The number of allylic oxidation sites excluding steroid dienone is 7. The van der Waals surface area contributed by atoms with Gasteiger partial charge in [0.05, 0.1) is 0 Å². The minimum atomic E-state index is -0.191. The minimum absolute atomic E-state index is 0. The molecule has 0 fully saturated rings. The van der Waals surface area contributed by atoms with Crippen LogP contribution < -0.4 is 5.11 Å². The van der Waals surface area contributed by atoms with Gasteiger partial charge in [-0.05, 0) is 24.1 Å². The van der Waals surface area contributed by atoms with Gasteiger partial charge < -0.3 is 10.2 Å². The quantitative estimate of drug-likeness (QED) is 0.510. The Bertz CT molecular complexity index is 689. The Hall–Kier alpha value is -2.35. The molecular formula is C20H18FeO2. The van der Waals surface area contributed by atoms with Gasteiger partial charge >= 0.3 is 17.1 Å². The summed E-state index contributed by atoms with van der Waals surface area (Å²) in [5.74, 6) is -0.161. The molecule has 2 aromatic rings. The smallest absolute Gasteiger partial charge is 0.872 e. The van der Waals surface area contributed by atoms with Crippen molar-refractivity contribution in [2.24, 2.45) is 0 Å². The summed E-state index contributed by atoms with van der Waals surface area (Å²) in [4.78, 5) is 0. The van der Waals surface area contributed by atoms with Crippen LogP contribution in [0.5, 0.6) is 5.75 Å². The Morgan fingerprint density at radius 1 is 1.13 bits per heavy atom. The van der Waals surface area contributed by atoms with E-state index in [9.17, 15) is 10.2 Å². The first-order valence-corrected chi connectivity index (χ1v) is 7.07. The normalized spacial score (nSPS) is 12.4. The van der Waals surface area contributed by atoms with Crippen LogP contribution in [0.15, 0.2) is 90.6 Å². The number of benzene rings is 1. The summed E-state index contributed by atoms with van der Waals surface area (Å²) in [5, 5.41) is 21.5. The second-order valence-corrected chi connectivity index (χ2v) is 4.90. The first kappa shape index (κ1) is 18.7. The molecule has 0 unspecified atom stereocenters. The van der Waals surface area contributed by atoms with Crippen LogP contribution >= 0.6 is 0 Å². The molecule has 0 spiro atoms. The molecule has 0 aliphatic heterocycles. The third kappa shape index (κ3) is 6.11. The summed E-state index contributed by atoms with van der Waals surface area (Å²) in [6.07, 6.45) is 10.9. The summed E-state index contributed by atoms with van der Waals surface area (Å²) in [7, 11) is 0. The van der Waals surface area contributed by atoms with Gasteiger partial charge in [-0.2, -0.15) is 18.2 Å². The summed E-state index contributed by atoms with van der Waals surface area (Å²) >= 11 is 0. The molecule has 0 amide bonds. The molecular weight excluding hydrogens is 328 g/mol. The molecule has 23 heavy (non-hydrogen) atoms. The van der Waals surface area contributed by atoms with Gasteiger partial charge in [-0.15, -0.1) is 0 Å². The molecule has 0 radical (unpaired) electrons. The zero-order valence-corrected chi connectivity index (χ0v) is 13.9. The molecule has 0 aromatic heterocycles. The number of hydrogen-bond acceptors (Lipinski definition) is 2. The van der Waals surface area contributed by atoms with Gasteiger partial charge in [-0.25, -0.2) is 12.1 Å². The summed E-state index contributed by atoms with van der Waals surface area (Å²) in [5.41, 5.74) is 2.24. The molecule has 0 saturated heterocycles. The predicted octanol–water partition coefficient (Wildman–Crippen LogP) is 3.86. The second-order valence-electron chi connectivity index (χ2n) is 4.90. The van der Waals surface area contributed by atoms with Crippen molar-refractivity contribution in [3.05, 3.63) is 102 Å². The Morgan fingerprint density at radius 3 is 2.30 bits per heavy atom. The van der Waals surface area contributed by atoms with E-state index in [0.717, 1.165) is 11.1 Å². The first-order valence-electron chi connectivity index (χ1n) is 7.07. The fourth-order valence-corrected chi connectivity index (χ4v) is 1.93. The molecule has 0 saturated carbocycles. The van der Waals surface area contributed by atoms with Crippen LogP contribution in [0.4, 0.5) is 0 Å².